The van der Waals surface area contributed by atoms with Crippen LogP contribution in [0.15, 0.2) is 53.4 Å². The SMILES string of the molecule is Cc1ccc(S(=O)(=O)N(C)CC(=O)OC(C)C(=O)N(C)Cc2cccc(F)c2)cc1. The third-order valence-electron chi connectivity index (χ3n) is 4.42. The van der Waals surface area contributed by atoms with Crippen molar-refractivity contribution in [1.82, 2.24) is 9.21 Å². The van der Waals surface area contributed by atoms with E-state index in [1.54, 1.807) is 18.2 Å². The van der Waals surface area contributed by atoms with Crippen LogP contribution in [0.5, 0.6) is 0 Å². The Hall–Kier alpha value is -2.78. The molecule has 0 aromatic heterocycles. The number of aryl methyl sites for hydroxylation is 1. The van der Waals surface area contributed by atoms with Gasteiger partial charge in [0.05, 0.1) is 4.90 Å². The van der Waals surface area contributed by atoms with Crippen LogP contribution in [0.25, 0.3) is 0 Å². The topological polar surface area (TPSA) is 84.0 Å². The van der Waals surface area contributed by atoms with Crippen LogP contribution in [-0.2, 0) is 30.9 Å². The van der Waals surface area contributed by atoms with Gasteiger partial charge in [-0.25, -0.2) is 12.8 Å². The van der Waals surface area contributed by atoms with Gasteiger partial charge in [-0.15, -0.1) is 0 Å². The normalized spacial score (nSPS) is 12.5. The highest BCUT2D eigenvalue weighted by atomic mass is 32.2. The van der Waals surface area contributed by atoms with Crippen molar-refractivity contribution in [2.45, 2.75) is 31.4 Å². The summed E-state index contributed by atoms with van der Waals surface area (Å²) in [5.41, 5.74) is 1.50. The van der Waals surface area contributed by atoms with E-state index in [-0.39, 0.29) is 11.4 Å². The molecule has 0 N–H and O–H groups in total. The number of sulfonamides is 1. The van der Waals surface area contributed by atoms with Gasteiger partial charge in [-0.3, -0.25) is 9.59 Å². The Kier molecular flexibility index (Phi) is 7.69. The standard InChI is InChI=1S/C21H25FN2O5S/c1-15-8-10-19(11-9-15)30(27,28)24(4)14-20(25)29-16(2)21(26)23(3)13-17-6-5-7-18(22)12-17/h5-12,16H,13-14H2,1-4H3. The Morgan fingerprint density at radius 3 is 2.33 bits per heavy atom. The zero-order valence-electron chi connectivity index (χ0n) is 17.3. The van der Waals surface area contributed by atoms with Gasteiger partial charge in [0.15, 0.2) is 6.10 Å². The minimum Gasteiger partial charge on any atom is -0.452 e. The van der Waals surface area contributed by atoms with Crippen molar-refractivity contribution in [2.24, 2.45) is 0 Å². The molecule has 2 rings (SSSR count). The summed E-state index contributed by atoms with van der Waals surface area (Å²) in [5.74, 6) is -1.75. The lowest BCUT2D eigenvalue weighted by molar-refractivity contribution is -0.158. The number of carbonyl (C=O) groups excluding carboxylic acids is 2. The molecule has 0 heterocycles. The second kappa shape index (κ2) is 9.82. The van der Waals surface area contributed by atoms with Crippen LogP contribution in [0.2, 0.25) is 0 Å². The molecule has 30 heavy (non-hydrogen) atoms. The molecule has 0 saturated heterocycles. The van der Waals surface area contributed by atoms with E-state index >= 15 is 0 Å². The smallest absolute Gasteiger partial charge is 0.322 e. The number of halogens is 1. The summed E-state index contributed by atoms with van der Waals surface area (Å²) in [7, 11) is -1.10. The van der Waals surface area contributed by atoms with E-state index in [9.17, 15) is 22.4 Å². The third kappa shape index (κ3) is 6.11. The molecular weight excluding hydrogens is 411 g/mol. The maximum Gasteiger partial charge on any atom is 0.322 e. The number of hydrogen-bond donors (Lipinski definition) is 0. The van der Waals surface area contributed by atoms with E-state index in [2.05, 4.69) is 0 Å². The third-order valence-corrected chi connectivity index (χ3v) is 6.24. The largest absolute Gasteiger partial charge is 0.452 e. The molecule has 7 nitrogen and oxygen atoms in total. The molecule has 1 unspecified atom stereocenters. The van der Waals surface area contributed by atoms with Crippen molar-refractivity contribution in [1.29, 1.82) is 0 Å². The number of amides is 1. The molecule has 1 atom stereocenters. The molecule has 0 aliphatic carbocycles. The van der Waals surface area contributed by atoms with Gasteiger partial charge in [0, 0.05) is 20.6 Å². The molecule has 0 aliphatic rings. The fraction of sp³-hybridized carbons (Fsp3) is 0.333. The lowest BCUT2D eigenvalue weighted by atomic mass is 10.2. The Morgan fingerprint density at radius 1 is 1.10 bits per heavy atom. The molecular formula is C21H25FN2O5S. The predicted molar refractivity (Wildman–Crippen MR) is 109 cm³/mol. The molecule has 0 saturated carbocycles. The van der Waals surface area contributed by atoms with Gasteiger partial charge in [0.25, 0.3) is 5.91 Å². The van der Waals surface area contributed by atoms with Crippen LogP contribution in [0, 0.1) is 12.7 Å². The number of carbonyl (C=O) groups is 2. The van der Waals surface area contributed by atoms with Crippen molar-refractivity contribution in [2.75, 3.05) is 20.6 Å². The highest BCUT2D eigenvalue weighted by molar-refractivity contribution is 7.89. The highest BCUT2D eigenvalue weighted by Crippen LogP contribution is 2.15. The van der Waals surface area contributed by atoms with Crippen LogP contribution in [0.1, 0.15) is 18.1 Å². The van der Waals surface area contributed by atoms with Crippen LogP contribution in [0.4, 0.5) is 4.39 Å². The van der Waals surface area contributed by atoms with Crippen LogP contribution in [0.3, 0.4) is 0 Å². The molecule has 0 fully saturated rings. The first-order chi connectivity index (χ1) is 14.0. The van der Waals surface area contributed by atoms with Crippen LogP contribution >= 0.6 is 0 Å². The Labute approximate surface area is 176 Å². The van der Waals surface area contributed by atoms with Crippen molar-refractivity contribution in [3.8, 4) is 0 Å². The number of ether oxygens (including phenoxy) is 1. The summed E-state index contributed by atoms with van der Waals surface area (Å²) in [6.07, 6.45) is -1.12. The van der Waals surface area contributed by atoms with E-state index in [0.717, 1.165) is 9.87 Å². The maximum absolute atomic E-state index is 13.3. The monoisotopic (exact) mass is 436 g/mol. The zero-order chi connectivity index (χ0) is 22.5. The summed E-state index contributed by atoms with van der Waals surface area (Å²) >= 11 is 0. The average Bonchev–Trinajstić information content (AvgIpc) is 2.67. The molecule has 9 heteroatoms. The van der Waals surface area contributed by atoms with Gasteiger partial charge in [0.1, 0.15) is 12.4 Å². The van der Waals surface area contributed by atoms with Crippen molar-refractivity contribution >= 4 is 21.9 Å². The Bertz CT molecular complexity index is 1010. The first-order valence-corrected chi connectivity index (χ1v) is 10.7. The van der Waals surface area contributed by atoms with Gasteiger partial charge in [0.2, 0.25) is 10.0 Å². The quantitative estimate of drug-likeness (QED) is 0.593. The second-order valence-electron chi connectivity index (χ2n) is 7.03. The summed E-state index contributed by atoms with van der Waals surface area (Å²) in [5, 5.41) is 0. The van der Waals surface area contributed by atoms with E-state index in [0.29, 0.717) is 5.56 Å². The fourth-order valence-electron chi connectivity index (χ4n) is 2.74. The minimum absolute atomic E-state index is 0.0577. The molecule has 1 amide bonds. The summed E-state index contributed by atoms with van der Waals surface area (Å²) in [4.78, 5) is 26.0. The Balaban J connectivity index is 1.94. The molecule has 0 aliphatic heterocycles. The van der Waals surface area contributed by atoms with Crippen LogP contribution < -0.4 is 0 Å². The second-order valence-corrected chi connectivity index (χ2v) is 9.08. The zero-order valence-corrected chi connectivity index (χ0v) is 18.1. The first kappa shape index (κ1) is 23.5. The van der Waals surface area contributed by atoms with E-state index in [1.807, 2.05) is 6.92 Å². The number of rotatable bonds is 8. The van der Waals surface area contributed by atoms with Gasteiger partial charge >= 0.3 is 5.97 Å². The number of hydrogen-bond acceptors (Lipinski definition) is 5. The van der Waals surface area contributed by atoms with Crippen molar-refractivity contribution < 1.29 is 27.1 Å². The van der Waals surface area contributed by atoms with Crippen molar-refractivity contribution in [3.63, 3.8) is 0 Å². The number of likely N-dealkylation sites (N-methyl/N-ethyl adjacent to an activating group) is 2. The van der Waals surface area contributed by atoms with E-state index in [1.165, 1.54) is 56.3 Å². The van der Waals surface area contributed by atoms with Gasteiger partial charge < -0.3 is 9.64 Å². The minimum atomic E-state index is -3.87. The lowest BCUT2D eigenvalue weighted by Gasteiger charge is -2.22. The highest BCUT2D eigenvalue weighted by Gasteiger charge is 2.26. The number of nitrogens with zero attached hydrogens (tertiary/aromatic N) is 2. The van der Waals surface area contributed by atoms with E-state index in [4.69, 9.17) is 4.74 Å². The molecule has 162 valence electrons. The lowest BCUT2D eigenvalue weighted by Crippen LogP contribution is -2.40. The molecule has 2 aromatic rings. The molecule has 0 spiro atoms. The summed E-state index contributed by atoms with van der Waals surface area (Å²) in [6.45, 7) is 2.83. The van der Waals surface area contributed by atoms with Crippen LogP contribution in [-0.4, -0.2) is 56.2 Å². The summed E-state index contributed by atoms with van der Waals surface area (Å²) in [6, 6.07) is 12.1. The molecule has 0 radical (unpaired) electrons. The number of benzene rings is 2. The fourth-order valence-corrected chi connectivity index (χ4v) is 3.85. The van der Waals surface area contributed by atoms with Gasteiger partial charge in [-0.05, 0) is 43.7 Å². The predicted octanol–water partition coefficient (Wildman–Crippen LogP) is 2.34. The van der Waals surface area contributed by atoms with Gasteiger partial charge in [-0.1, -0.05) is 29.8 Å². The Morgan fingerprint density at radius 2 is 1.73 bits per heavy atom. The van der Waals surface area contributed by atoms with E-state index < -0.39 is 40.4 Å². The van der Waals surface area contributed by atoms with Crippen molar-refractivity contribution in [3.05, 3.63) is 65.5 Å². The average molecular weight is 437 g/mol. The molecule has 0 bridgehead atoms. The maximum atomic E-state index is 13.3. The first-order valence-electron chi connectivity index (χ1n) is 9.22. The number of esters is 1. The van der Waals surface area contributed by atoms with Gasteiger partial charge in [-0.2, -0.15) is 4.31 Å². The molecule has 2 aromatic carbocycles. The summed E-state index contributed by atoms with van der Waals surface area (Å²) < 4.78 is 44.4.